The topological polar surface area (TPSA) is 30.7 Å². The number of alkyl halides is 2. The molecule has 0 radical (unpaired) electrons. The molecule has 6 heteroatoms. The molecule has 3 nitrogen and oxygen atoms in total. The lowest BCUT2D eigenvalue weighted by Gasteiger charge is -2.24. The minimum atomic E-state index is -2.40. The molecule has 0 N–H and O–H groups in total. The predicted octanol–water partition coefficient (Wildman–Crippen LogP) is 4.82. The number of nitrogens with zero attached hydrogens (tertiary/aromatic N) is 3. The van der Waals surface area contributed by atoms with Crippen LogP contribution in [0.15, 0.2) is 11.4 Å². The molecule has 4 rings (SSSR count). The monoisotopic (exact) mass is 323 g/mol. The van der Waals surface area contributed by atoms with Crippen molar-refractivity contribution in [1.29, 1.82) is 0 Å². The maximum Gasteiger partial charge on any atom is 0.272 e. The van der Waals surface area contributed by atoms with Crippen LogP contribution in [0.2, 0.25) is 0 Å². The number of hydrogen-bond acceptors (Lipinski definition) is 3. The Hall–Kier alpha value is -1.30. The zero-order valence-corrected chi connectivity index (χ0v) is 13.5. The molecule has 118 valence electrons. The van der Waals surface area contributed by atoms with Crippen LogP contribution in [-0.4, -0.2) is 14.8 Å². The van der Waals surface area contributed by atoms with Gasteiger partial charge in [0.2, 0.25) is 0 Å². The van der Waals surface area contributed by atoms with Gasteiger partial charge in [0, 0.05) is 12.0 Å². The van der Waals surface area contributed by atoms with Crippen LogP contribution < -0.4 is 0 Å². The molecule has 2 heterocycles. The van der Waals surface area contributed by atoms with Gasteiger partial charge >= 0.3 is 0 Å². The third-order valence-electron chi connectivity index (χ3n) is 4.69. The lowest BCUT2D eigenvalue weighted by atomic mass is 9.85. The van der Waals surface area contributed by atoms with Crippen molar-refractivity contribution in [3.63, 3.8) is 0 Å². The van der Waals surface area contributed by atoms with Gasteiger partial charge in [-0.3, -0.25) is 0 Å². The largest absolute Gasteiger partial charge is 0.311 e. The molecule has 2 aliphatic carbocycles. The first-order valence-electron chi connectivity index (χ1n) is 7.81. The van der Waals surface area contributed by atoms with E-state index in [1.807, 2.05) is 5.38 Å². The summed E-state index contributed by atoms with van der Waals surface area (Å²) < 4.78 is 28.1. The van der Waals surface area contributed by atoms with E-state index in [0.717, 1.165) is 28.5 Å². The Kier molecular flexibility index (Phi) is 3.15. The van der Waals surface area contributed by atoms with Crippen molar-refractivity contribution in [2.45, 2.75) is 63.3 Å². The molecule has 2 fully saturated rings. The van der Waals surface area contributed by atoms with E-state index >= 15 is 0 Å². The first-order valence-corrected chi connectivity index (χ1v) is 8.68. The second-order valence-corrected chi connectivity index (χ2v) is 7.86. The Morgan fingerprint density at radius 1 is 1.23 bits per heavy atom. The van der Waals surface area contributed by atoms with Crippen LogP contribution in [0.4, 0.5) is 8.78 Å². The first-order chi connectivity index (χ1) is 10.5. The van der Waals surface area contributed by atoms with Crippen molar-refractivity contribution in [1.82, 2.24) is 14.8 Å². The third-order valence-corrected chi connectivity index (χ3v) is 5.63. The van der Waals surface area contributed by atoms with E-state index in [0.29, 0.717) is 12.0 Å². The number of aromatic nitrogens is 3. The number of hydrogen-bond donors (Lipinski definition) is 0. The van der Waals surface area contributed by atoms with Gasteiger partial charge in [0.15, 0.2) is 0 Å². The normalized spacial score (nSPS) is 19.1. The predicted molar refractivity (Wildman–Crippen MR) is 81.7 cm³/mol. The van der Waals surface area contributed by atoms with Crippen LogP contribution in [0.1, 0.15) is 80.0 Å². The van der Waals surface area contributed by atoms with Crippen LogP contribution in [-0.2, 0) is 5.41 Å². The van der Waals surface area contributed by atoms with Crippen LogP contribution >= 0.6 is 11.3 Å². The summed E-state index contributed by atoms with van der Waals surface area (Å²) in [4.78, 5) is 0.128. The van der Waals surface area contributed by atoms with Gasteiger partial charge in [-0.15, -0.1) is 21.5 Å². The summed E-state index contributed by atoms with van der Waals surface area (Å²) in [5, 5.41) is 10.7. The van der Waals surface area contributed by atoms with Gasteiger partial charge in [-0.25, -0.2) is 8.78 Å². The maximum atomic E-state index is 12.9. The lowest BCUT2D eigenvalue weighted by Crippen LogP contribution is -2.24. The van der Waals surface area contributed by atoms with E-state index in [1.165, 1.54) is 25.7 Å². The van der Waals surface area contributed by atoms with Crippen molar-refractivity contribution < 1.29 is 8.78 Å². The molecule has 0 saturated heterocycles. The molecule has 2 aromatic rings. The van der Waals surface area contributed by atoms with E-state index < -0.39 is 11.8 Å². The number of rotatable bonds is 5. The van der Waals surface area contributed by atoms with E-state index in [1.54, 1.807) is 6.07 Å². The van der Waals surface area contributed by atoms with Crippen molar-refractivity contribution in [2.24, 2.45) is 0 Å². The minimum Gasteiger partial charge on any atom is -0.311 e. The van der Waals surface area contributed by atoms with Crippen LogP contribution in [0.5, 0.6) is 0 Å². The Bertz CT molecular complexity index is 696. The quantitative estimate of drug-likeness (QED) is 0.790. The van der Waals surface area contributed by atoms with Crippen molar-refractivity contribution in [3.05, 3.63) is 33.5 Å². The zero-order valence-electron chi connectivity index (χ0n) is 12.7. The van der Waals surface area contributed by atoms with Gasteiger partial charge in [0.05, 0.1) is 10.3 Å². The number of halogens is 2. The molecule has 0 aliphatic heterocycles. The fourth-order valence-corrected chi connectivity index (χ4v) is 3.89. The van der Waals surface area contributed by atoms with Crippen molar-refractivity contribution >= 4 is 11.3 Å². The molecule has 0 bridgehead atoms. The zero-order chi connectivity index (χ0) is 15.5. The summed E-state index contributed by atoms with van der Waals surface area (Å²) in [6.07, 6.45) is 2.33. The van der Waals surface area contributed by atoms with Crippen molar-refractivity contribution in [2.75, 3.05) is 0 Å². The summed E-state index contributed by atoms with van der Waals surface area (Å²) in [5.41, 5.74) is 0.510. The Labute approximate surface area is 132 Å². The highest BCUT2D eigenvalue weighted by Crippen LogP contribution is 2.47. The van der Waals surface area contributed by atoms with Gasteiger partial charge in [0.1, 0.15) is 11.6 Å². The molecule has 22 heavy (non-hydrogen) atoms. The van der Waals surface area contributed by atoms with Gasteiger partial charge in [-0.1, -0.05) is 0 Å². The summed E-state index contributed by atoms with van der Waals surface area (Å²) in [5.74, 6) is 2.59. The fourth-order valence-electron chi connectivity index (χ4n) is 2.97. The molecular weight excluding hydrogens is 304 g/mol. The van der Waals surface area contributed by atoms with Gasteiger partial charge in [-0.2, -0.15) is 0 Å². The van der Waals surface area contributed by atoms with Gasteiger partial charge < -0.3 is 4.57 Å². The molecule has 0 atom stereocenters. The third kappa shape index (κ3) is 2.28. The van der Waals surface area contributed by atoms with Crippen molar-refractivity contribution in [3.8, 4) is 0 Å². The highest BCUT2D eigenvalue weighted by molar-refractivity contribution is 7.10. The minimum absolute atomic E-state index is 0.128. The molecule has 0 unspecified atom stereocenters. The van der Waals surface area contributed by atoms with E-state index in [9.17, 15) is 8.78 Å². The average Bonchev–Trinajstić information content (AvgIpc) is 3.40. The summed E-state index contributed by atoms with van der Waals surface area (Å²) >= 11 is 1.13. The molecule has 2 saturated carbocycles. The van der Waals surface area contributed by atoms with E-state index in [4.69, 9.17) is 0 Å². The maximum absolute atomic E-state index is 12.9. The summed E-state index contributed by atoms with van der Waals surface area (Å²) in [7, 11) is 0. The van der Waals surface area contributed by atoms with Crippen LogP contribution in [0, 0.1) is 0 Å². The SMILES string of the molecule is CC(C)(c1csc(C(F)F)c1)c1nnc(C2CC2)n1C1CC1. The average molecular weight is 323 g/mol. The Morgan fingerprint density at radius 2 is 1.95 bits per heavy atom. The highest BCUT2D eigenvalue weighted by atomic mass is 32.1. The first kappa shape index (κ1) is 14.3. The van der Waals surface area contributed by atoms with E-state index in [-0.39, 0.29) is 4.88 Å². The van der Waals surface area contributed by atoms with Crippen LogP contribution in [0.25, 0.3) is 0 Å². The molecule has 2 aromatic heterocycles. The molecular formula is C16H19F2N3S. The molecule has 0 spiro atoms. The van der Waals surface area contributed by atoms with E-state index in [2.05, 4.69) is 28.6 Å². The fraction of sp³-hybridized carbons (Fsp3) is 0.625. The van der Waals surface area contributed by atoms with Gasteiger partial charge in [0.25, 0.3) is 6.43 Å². The second-order valence-electron chi connectivity index (χ2n) is 6.92. The number of thiophene rings is 1. The van der Waals surface area contributed by atoms with Gasteiger partial charge in [-0.05, 0) is 56.5 Å². The molecule has 0 aromatic carbocycles. The second kappa shape index (κ2) is 4.85. The van der Waals surface area contributed by atoms with Crippen LogP contribution in [0.3, 0.4) is 0 Å². The summed E-state index contributed by atoms with van der Waals surface area (Å²) in [6, 6.07) is 2.13. The highest BCUT2D eigenvalue weighted by Gasteiger charge is 2.40. The smallest absolute Gasteiger partial charge is 0.272 e. The molecule has 2 aliphatic rings. The molecule has 0 amide bonds. The lowest BCUT2D eigenvalue weighted by molar-refractivity contribution is 0.155. The Morgan fingerprint density at radius 3 is 2.50 bits per heavy atom. The standard InChI is InChI=1S/C16H19F2N3S/c1-16(2,10-7-12(13(17)18)22-8-10)15-20-19-14(9-3-4-9)21(15)11-5-6-11/h7-9,11,13H,3-6H2,1-2H3. The Balaban J connectivity index is 1.75. The summed E-state index contributed by atoms with van der Waals surface area (Å²) in [6.45, 7) is 4.12.